The van der Waals surface area contributed by atoms with Crippen LogP contribution in [0, 0.1) is 23.2 Å². The summed E-state index contributed by atoms with van der Waals surface area (Å²) in [6, 6.07) is 8.71. The lowest BCUT2D eigenvalue weighted by Gasteiger charge is -2.15. The van der Waals surface area contributed by atoms with E-state index < -0.39 is 11.8 Å². The van der Waals surface area contributed by atoms with E-state index in [1.165, 1.54) is 0 Å². The molecule has 2 unspecified atom stereocenters. The highest BCUT2D eigenvalue weighted by Gasteiger charge is 2.29. The molecule has 5 nitrogen and oxygen atoms in total. The van der Waals surface area contributed by atoms with Gasteiger partial charge in [0.2, 0.25) is 5.91 Å². The summed E-state index contributed by atoms with van der Waals surface area (Å²) >= 11 is 0. The van der Waals surface area contributed by atoms with E-state index in [2.05, 4.69) is 5.32 Å². The molecular weight excluding hydrogens is 268 g/mol. The van der Waals surface area contributed by atoms with Gasteiger partial charge in [0.05, 0.1) is 18.4 Å². The monoisotopic (exact) mass is 288 g/mol. The number of ether oxygens (including phenoxy) is 1. The first-order valence-electron chi connectivity index (χ1n) is 7.01. The molecule has 0 heterocycles. The molecular formula is C16H20N2O3. The topological polar surface area (TPSA) is 79.2 Å². The Morgan fingerprint density at radius 2 is 2.00 bits per heavy atom. The van der Waals surface area contributed by atoms with Gasteiger partial charge in [0, 0.05) is 5.92 Å². The first-order chi connectivity index (χ1) is 10.0. The number of benzene rings is 1. The van der Waals surface area contributed by atoms with Gasteiger partial charge in [0.1, 0.15) is 5.75 Å². The van der Waals surface area contributed by atoms with Crippen LogP contribution in [-0.2, 0) is 9.59 Å². The summed E-state index contributed by atoms with van der Waals surface area (Å²) in [7, 11) is 0. The van der Waals surface area contributed by atoms with Crippen LogP contribution in [0.4, 0.5) is 5.69 Å². The van der Waals surface area contributed by atoms with Crippen molar-refractivity contribution in [2.45, 2.75) is 27.2 Å². The average Bonchev–Trinajstić information content (AvgIpc) is 2.49. The Labute approximate surface area is 124 Å². The van der Waals surface area contributed by atoms with Crippen LogP contribution in [0.2, 0.25) is 0 Å². The maximum absolute atomic E-state index is 12.2. The Morgan fingerprint density at radius 1 is 1.33 bits per heavy atom. The highest BCUT2D eigenvalue weighted by molar-refractivity contribution is 6.10. The van der Waals surface area contributed by atoms with Gasteiger partial charge in [0.25, 0.3) is 0 Å². The molecule has 0 saturated heterocycles. The molecule has 0 saturated carbocycles. The third-order valence-electron chi connectivity index (χ3n) is 3.22. The van der Waals surface area contributed by atoms with Crippen LogP contribution in [0.1, 0.15) is 27.2 Å². The minimum atomic E-state index is -1.30. The van der Waals surface area contributed by atoms with Crippen molar-refractivity contribution < 1.29 is 14.3 Å². The number of carbonyl (C=O) groups is 2. The molecule has 112 valence electrons. The minimum Gasteiger partial charge on any atom is -0.492 e. The van der Waals surface area contributed by atoms with E-state index in [4.69, 9.17) is 10.00 Å². The Morgan fingerprint density at radius 3 is 2.57 bits per heavy atom. The normalized spacial score (nSPS) is 12.9. The van der Waals surface area contributed by atoms with Gasteiger partial charge >= 0.3 is 0 Å². The summed E-state index contributed by atoms with van der Waals surface area (Å²) < 4.78 is 5.40. The molecule has 0 radical (unpaired) electrons. The highest BCUT2D eigenvalue weighted by Crippen LogP contribution is 2.24. The van der Waals surface area contributed by atoms with E-state index >= 15 is 0 Å². The number of amides is 1. The number of hydrogen-bond donors (Lipinski definition) is 1. The van der Waals surface area contributed by atoms with Crippen molar-refractivity contribution in [3.05, 3.63) is 24.3 Å². The van der Waals surface area contributed by atoms with Gasteiger partial charge in [-0.05, 0) is 25.5 Å². The van der Waals surface area contributed by atoms with Crippen LogP contribution in [-0.4, -0.2) is 18.3 Å². The van der Waals surface area contributed by atoms with E-state index in [9.17, 15) is 9.59 Å². The molecule has 0 bridgehead atoms. The lowest BCUT2D eigenvalue weighted by atomic mass is 9.92. The zero-order valence-corrected chi connectivity index (χ0v) is 12.6. The maximum atomic E-state index is 12.2. The molecule has 1 N–H and O–H groups in total. The number of carbonyl (C=O) groups excluding carboxylic acids is 2. The summed E-state index contributed by atoms with van der Waals surface area (Å²) in [5, 5.41) is 11.7. The number of hydrogen-bond acceptors (Lipinski definition) is 4. The van der Waals surface area contributed by atoms with E-state index in [0.717, 1.165) is 0 Å². The molecule has 1 aromatic rings. The summed E-state index contributed by atoms with van der Waals surface area (Å²) in [5.74, 6) is -2.07. The zero-order valence-electron chi connectivity index (χ0n) is 12.6. The van der Waals surface area contributed by atoms with Crippen molar-refractivity contribution in [2.24, 2.45) is 11.8 Å². The molecule has 0 aliphatic carbocycles. The predicted octanol–water partition coefficient (Wildman–Crippen LogP) is 2.78. The number of ketones is 1. The lowest BCUT2D eigenvalue weighted by molar-refractivity contribution is -0.131. The van der Waals surface area contributed by atoms with Crippen molar-refractivity contribution in [2.75, 3.05) is 11.9 Å². The third-order valence-corrected chi connectivity index (χ3v) is 3.22. The van der Waals surface area contributed by atoms with E-state index in [1.807, 2.05) is 13.8 Å². The van der Waals surface area contributed by atoms with Gasteiger partial charge < -0.3 is 10.1 Å². The first kappa shape index (κ1) is 16.7. The second-order valence-electron chi connectivity index (χ2n) is 4.69. The van der Waals surface area contributed by atoms with Gasteiger partial charge in [-0.15, -0.1) is 0 Å². The highest BCUT2D eigenvalue weighted by atomic mass is 16.5. The van der Waals surface area contributed by atoms with Crippen molar-refractivity contribution in [1.29, 1.82) is 5.26 Å². The van der Waals surface area contributed by atoms with Crippen LogP contribution in [0.25, 0.3) is 0 Å². The number of nitrogens with zero attached hydrogens (tertiary/aromatic N) is 1. The first-order valence-corrected chi connectivity index (χ1v) is 7.01. The van der Waals surface area contributed by atoms with Crippen LogP contribution < -0.4 is 10.1 Å². The molecule has 21 heavy (non-hydrogen) atoms. The minimum absolute atomic E-state index is 0.317. The second kappa shape index (κ2) is 8.05. The van der Waals surface area contributed by atoms with Crippen molar-refractivity contribution in [3.8, 4) is 11.8 Å². The maximum Gasteiger partial charge on any atom is 0.249 e. The van der Waals surface area contributed by atoms with Crippen molar-refractivity contribution in [1.82, 2.24) is 0 Å². The molecule has 1 aromatic carbocycles. The molecule has 0 aliphatic heterocycles. The fourth-order valence-electron chi connectivity index (χ4n) is 1.79. The SMILES string of the molecule is CCOc1ccccc1NC(=O)C(C#N)C(=O)C(C)CC. The van der Waals surface area contributed by atoms with Gasteiger partial charge in [-0.3, -0.25) is 9.59 Å². The molecule has 1 rings (SSSR count). The van der Waals surface area contributed by atoms with E-state index in [-0.39, 0.29) is 11.7 Å². The molecule has 0 fully saturated rings. The van der Waals surface area contributed by atoms with Gasteiger partial charge in [-0.1, -0.05) is 26.0 Å². The van der Waals surface area contributed by atoms with Crippen LogP contribution in [0.15, 0.2) is 24.3 Å². The quantitative estimate of drug-likeness (QED) is 0.782. The fraction of sp³-hybridized carbons (Fsp3) is 0.438. The summed E-state index contributed by atoms with van der Waals surface area (Å²) in [5.41, 5.74) is 0.460. The average molecular weight is 288 g/mol. The standard InChI is InChI=1S/C16H20N2O3/c1-4-11(3)15(19)12(10-17)16(20)18-13-8-6-7-9-14(13)21-5-2/h6-9,11-12H,4-5H2,1-3H3,(H,18,20). The summed E-state index contributed by atoms with van der Waals surface area (Å²) in [6.07, 6.45) is 0.597. The smallest absolute Gasteiger partial charge is 0.249 e. The van der Waals surface area contributed by atoms with Crippen LogP contribution in [0.3, 0.4) is 0 Å². The molecule has 2 atom stereocenters. The van der Waals surface area contributed by atoms with Crippen molar-refractivity contribution >= 4 is 17.4 Å². The number of anilines is 1. The second-order valence-corrected chi connectivity index (χ2v) is 4.69. The number of nitriles is 1. The van der Waals surface area contributed by atoms with E-state index in [0.29, 0.717) is 24.5 Å². The number of para-hydroxylation sites is 2. The molecule has 0 aliphatic rings. The molecule has 1 amide bonds. The molecule has 0 spiro atoms. The van der Waals surface area contributed by atoms with Crippen molar-refractivity contribution in [3.63, 3.8) is 0 Å². The Hall–Kier alpha value is -2.35. The van der Waals surface area contributed by atoms with Gasteiger partial charge in [-0.25, -0.2) is 0 Å². The lowest BCUT2D eigenvalue weighted by Crippen LogP contribution is -2.32. The Kier molecular flexibility index (Phi) is 6.41. The number of Topliss-reactive ketones (excluding diaryl/α,β-unsaturated/α-hetero) is 1. The molecule has 0 aromatic heterocycles. The fourth-order valence-corrected chi connectivity index (χ4v) is 1.79. The van der Waals surface area contributed by atoms with Crippen LogP contribution >= 0.6 is 0 Å². The largest absolute Gasteiger partial charge is 0.492 e. The predicted molar refractivity (Wildman–Crippen MR) is 79.8 cm³/mol. The summed E-state index contributed by atoms with van der Waals surface area (Å²) in [6.45, 7) is 5.86. The third kappa shape index (κ3) is 4.32. The van der Waals surface area contributed by atoms with Crippen LogP contribution in [0.5, 0.6) is 5.75 Å². The summed E-state index contributed by atoms with van der Waals surface area (Å²) in [4.78, 5) is 24.2. The number of rotatable bonds is 7. The molecule has 5 heteroatoms. The van der Waals surface area contributed by atoms with E-state index in [1.54, 1.807) is 37.3 Å². The Bertz CT molecular complexity index is 549. The Balaban J connectivity index is 2.89. The van der Waals surface area contributed by atoms with Gasteiger partial charge in [-0.2, -0.15) is 5.26 Å². The van der Waals surface area contributed by atoms with Gasteiger partial charge in [0.15, 0.2) is 11.7 Å². The number of nitrogens with one attached hydrogen (secondary N) is 1. The zero-order chi connectivity index (χ0) is 15.8.